The lowest BCUT2D eigenvalue weighted by Crippen LogP contribution is -1.83. The molecule has 0 spiro atoms. The third-order valence-electron chi connectivity index (χ3n) is 1.15. The van der Waals surface area contributed by atoms with E-state index in [9.17, 15) is 0 Å². The molecule has 0 aromatic carbocycles. The molecule has 7 heteroatoms. The Morgan fingerprint density at radius 3 is 2.85 bits per heavy atom. The molecule has 0 aliphatic rings. The highest BCUT2D eigenvalue weighted by Crippen LogP contribution is 2.30. The van der Waals surface area contributed by atoms with E-state index in [1.807, 2.05) is 0 Å². The van der Waals surface area contributed by atoms with Gasteiger partial charge in [-0.25, -0.2) is 9.97 Å². The van der Waals surface area contributed by atoms with Crippen molar-refractivity contribution in [1.29, 1.82) is 0 Å². The molecule has 4 nitrogen and oxygen atoms in total. The predicted octanol–water partition coefficient (Wildman–Crippen LogP) is 2.13. The monoisotopic (exact) mass is 230 g/mol. The van der Waals surface area contributed by atoms with E-state index >= 15 is 0 Å². The van der Waals surface area contributed by atoms with Crippen LogP contribution in [0.4, 0.5) is 0 Å². The second-order valence-electron chi connectivity index (χ2n) is 1.96. The van der Waals surface area contributed by atoms with Gasteiger partial charge in [0, 0.05) is 12.4 Å². The van der Waals surface area contributed by atoms with Crippen molar-refractivity contribution in [2.45, 2.75) is 9.37 Å². The zero-order chi connectivity index (χ0) is 9.10. The van der Waals surface area contributed by atoms with Crippen molar-refractivity contribution in [3.8, 4) is 0 Å². The molecule has 0 atom stereocenters. The largest absolute Gasteiger partial charge is 0.245 e. The van der Waals surface area contributed by atoms with Crippen molar-refractivity contribution in [2.24, 2.45) is 0 Å². The molecule has 2 aromatic rings. The van der Waals surface area contributed by atoms with Gasteiger partial charge in [0.1, 0.15) is 10.5 Å². The number of nitrogens with zero attached hydrogens (tertiary/aromatic N) is 4. The van der Waals surface area contributed by atoms with E-state index in [0.717, 1.165) is 4.34 Å². The summed E-state index contributed by atoms with van der Waals surface area (Å²) in [7, 11) is 0. The molecule has 0 saturated carbocycles. The summed E-state index contributed by atoms with van der Waals surface area (Å²) in [5.41, 5.74) is 1.66. The van der Waals surface area contributed by atoms with Crippen molar-refractivity contribution in [2.75, 3.05) is 0 Å². The van der Waals surface area contributed by atoms with Gasteiger partial charge in [-0.15, -0.1) is 10.2 Å². The average Bonchev–Trinajstić information content (AvgIpc) is 2.61. The maximum Gasteiger partial charge on any atom is 0.180 e. The molecule has 66 valence electrons. The summed E-state index contributed by atoms with van der Waals surface area (Å²) in [5, 5.41) is 8.61. The standard InChI is InChI=1S/C6H3ClN4S2/c7-4-5(9-2-1-8-4)13-6-11-10-3-12-6/h1-3H. The van der Waals surface area contributed by atoms with Crippen molar-refractivity contribution in [3.63, 3.8) is 0 Å². The Morgan fingerprint density at radius 2 is 2.15 bits per heavy atom. The molecule has 0 aliphatic carbocycles. The Hall–Kier alpha value is -0.720. The van der Waals surface area contributed by atoms with Crippen LogP contribution in [0.2, 0.25) is 5.15 Å². The van der Waals surface area contributed by atoms with Crippen LogP contribution in [0.15, 0.2) is 27.3 Å². The van der Waals surface area contributed by atoms with Gasteiger partial charge in [-0.3, -0.25) is 0 Å². The Bertz CT molecular complexity index is 391. The van der Waals surface area contributed by atoms with Crippen LogP contribution in [0.5, 0.6) is 0 Å². The van der Waals surface area contributed by atoms with Crippen LogP contribution in [0.1, 0.15) is 0 Å². The summed E-state index contributed by atoms with van der Waals surface area (Å²) in [6, 6.07) is 0. The summed E-state index contributed by atoms with van der Waals surface area (Å²) in [6.45, 7) is 0. The average molecular weight is 231 g/mol. The zero-order valence-electron chi connectivity index (χ0n) is 6.22. The highest BCUT2D eigenvalue weighted by molar-refractivity contribution is 8.01. The van der Waals surface area contributed by atoms with E-state index < -0.39 is 0 Å². The van der Waals surface area contributed by atoms with Crippen LogP contribution < -0.4 is 0 Å². The molecule has 13 heavy (non-hydrogen) atoms. The van der Waals surface area contributed by atoms with Crippen LogP contribution in [-0.2, 0) is 0 Å². The number of hydrogen-bond donors (Lipinski definition) is 0. The minimum Gasteiger partial charge on any atom is -0.245 e. The molecule has 0 saturated heterocycles. The first kappa shape index (κ1) is 8.86. The van der Waals surface area contributed by atoms with Gasteiger partial charge >= 0.3 is 0 Å². The number of aromatic nitrogens is 4. The van der Waals surface area contributed by atoms with Gasteiger partial charge in [-0.2, -0.15) is 0 Å². The minimum absolute atomic E-state index is 0.391. The van der Waals surface area contributed by atoms with Gasteiger partial charge in [-0.1, -0.05) is 22.9 Å². The Labute approximate surface area is 87.4 Å². The molecule has 2 rings (SSSR count). The summed E-state index contributed by atoms with van der Waals surface area (Å²) in [5.74, 6) is 0. The van der Waals surface area contributed by atoms with Crippen molar-refractivity contribution >= 4 is 34.7 Å². The molecule has 0 radical (unpaired) electrons. The van der Waals surface area contributed by atoms with Crippen molar-refractivity contribution < 1.29 is 0 Å². The predicted molar refractivity (Wildman–Crippen MR) is 51.1 cm³/mol. The lowest BCUT2D eigenvalue weighted by molar-refractivity contribution is 0.999. The maximum absolute atomic E-state index is 5.80. The van der Waals surface area contributed by atoms with E-state index in [0.29, 0.717) is 10.2 Å². The fourth-order valence-corrected chi connectivity index (χ4v) is 2.23. The smallest absolute Gasteiger partial charge is 0.180 e. The fourth-order valence-electron chi connectivity index (χ4n) is 0.667. The van der Waals surface area contributed by atoms with Gasteiger partial charge < -0.3 is 0 Å². The third-order valence-corrected chi connectivity index (χ3v) is 3.31. The maximum atomic E-state index is 5.80. The molecule has 0 N–H and O–H groups in total. The first-order chi connectivity index (χ1) is 6.36. The number of hydrogen-bond acceptors (Lipinski definition) is 6. The lowest BCUT2D eigenvalue weighted by atomic mass is 10.8. The van der Waals surface area contributed by atoms with E-state index in [4.69, 9.17) is 11.6 Å². The quantitative estimate of drug-likeness (QED) is 0.791. The van der Waals surface area contributed by atoms with Crippen LogP contribution in [0, 0.1) is 0 Å². The number of rotatable bonds is 2. The second kappa shape index (κ2) is 3.99. The summed E-state index contributed by atoms with van der Waals surface area (Å²) in [6.07, 6.45) is 3.14. The SMILES string of the molecule is Clc1nccnc1Sc1nncs1. The van der Waals surface area contributed by atoms with Crippen LogP contribution in [-0.4, -0.2) is 20.2 Å². The molecule has 2 heterocycles. The van der Waals surface area contributed by atoms with Gasteiger partial charge in [-0.05, 0) is 11.8 Å². The molecular formula is C6H3ClN4S2. The van der Waals surface area contributed by atoms with E-state index in [-0.39, 0.29) is 0 Å². The van der Waals surface area contributed by atoms with E-state index in [1.54, 1.807) is 17.9 Å². The first-order valence-corrected chi connectivity index (χ1v) is 5.34. The Morgan fingerprint density at radius 1 is 1.31 bits per heavy atom. The lowest BCUT2D eigenvalue weighted by Gasteiger charge is -1.96. The molecule has 0 bridgehead atoms. The molecule has 0 unspecified atom stereocenters. The van der Waals surface area contributed by atoms with E-state index in [1.165, 1.54) is 23.1 Å². The number of halogens is 1. The summed E-state index contributed by atoms with van der Waals surface area (Å²) >= 11 is 8.60. The van der Waals surface area contributed by atoms with Crippen molar-refractivity contribution in [1.82, 2.24) is 20.2 Å². The van der Waals surface area contributed by atoms with Crippen LogP contribution >= 0.6 is 34.7 Å². The van der Waals surface area contributed by atoms with Crippen LogP contribution in [0.25, 0.3) is 0 Å². The topological polar surface area (TPSA) is 51.6 Å². The molecule has 0 fully saturated rings. The van der Waals surface area contributed by atoms with Crippen LogP contribution in [0.3, 0.4) is 0 Å². The van der Waals surface area contributed by atoms with Gasteiger partial charge in [0.25, 0.3) is 0 Å². The molecular weight excluding hydrogens is 228 g/mol. The fraction of sp³-hybridized carbons (Fsp3) is 0. The molecule has 0 amide bonds. The summed E-state index contributed by atoms with van der Waals surface area (Å²) < 4.78 is 0.808. The zero-order valence-corrected chi connectivity index (χ0v) is 8.60. The highest BCUT2D eigenvalue weighted by atomic mass is 35.5. The Balaban J connectivity index is 2.24. The normalized spacial score (nSPS) is 10.2. The molecule has 2 aromatic heterocycles. The first-order valence-electron chi connectivity index (χ1n) is 3.27. The van der Waals surface area contributed by atoms with Gasteiger partial charge in [0.05, 0.1) is 0 Å². The van der Waals surface area contributed by atoms with Crippen molar-refractivity contribution in [3.05, 3.63) is 23.1 Å². The minimum atomic E-state index is 0.391. The van der Waals surface area contributed by atoms with E-state index in [2.05, 4.69) is 20.2 Å². The highest BCUT2D eigenvalue weighted by Gasteiger charge is 2.06. The summed E-state index contributed by atoms with van der Waals surface area (Å²) in [4.78, 5) is 7.96. The Kier molecular flexibility index (Phi) is 2.72. The third kappa shape index (κ3) is 2.15. The second-order valence-corrected chi connectivity index (χ2v) is 4.39. The molecule has 0 aliphatic heterocycles. The van der Waals surface area contributed by atoms with Gasteiger partial charge in [0.15, 0.2) is 9.49 Å². The van der Waals surface area contributed by atoms with Gasteiger partial charge in [0.2, 0.25) is 0 Å².